The van der Waals surface area contributed by atoms with E-state index >= 15 is 0 Å². The second kappa shape index (κ2) is 10.2. The summed E-state index contributed by atoms with van der Waals surface area (Å²) in [7, 11) is -3.75. The Morgan fingerprint density at radius 2 is 1.42 bits per heavy atom. The number of carbonyl (C=O) groups is 3. The summed E-state index contributed by atoms with van der Waals surface area (Å²) in [6, 6.07) is 19.0. The van der Waals surface area contributed by atoms with E-state index in [9.17, 15) is 22.8 Å². The predicted molar refractivity (Wildman–Crippen MR) is 126 cm³/mol. The zero-order valence-corrected chi connectivity index (χ0v) is 18.9. The SMILES string of the molecule is CC(=O)Nc1ccc(S(=O)(=O)NCc2ccc(C(=O)Nc3cccc(C(C)=O)c3)cc2)cc1. The molecule has 9 heteroatoms. The molecule has 0 saturated carbocycles. The minimum absolute atomic E-state index is 0.0400. The van der Waals surface area contributed by atoms with Gasteiger partial charge in [0.25, 0.3) is 5.91 Å². The molecule has 0 aliphatic carbocycles. The lowest BCUT2D eigenvalue weighted by molar-refractivity contribution is -0.114. The molecule has 0 fully saturated rings. The summed E-state index contributed by atoms with van der Waals surface area (Å²) >= 11 is 0. The molecule has 0 bridgehead atoms. The molecule has 0 aliphatic heterocycles. The average molecular weight is 466 g/mol. The van der Waals surface area contributed by atoms with Gasteiger partial charge in [0.1, 0.15) is 0 Å². The molecular formula is C24H23N3O5S. The number of ketones is 1. The number of nitrogens with one attached hydrogen (secondary N) is 3. The first-order valence-corrected chi connectivity index (χ1v) is 11.5. The van der Waals surface area contributed by atoms with E-state index in [1.165, 1.54) is 38.1 Å². The van der Waals surface area contributed by atoms with Gasteiger partial charge in [0.2, 0.25) is 15.9 Å². The van der Waals surface area contributed by atoms with Crippen LogP contribution < -0.4 is 15.4 Å². The van der Waals surface area contributed by atoms with Crippen LogP contribution in [0.2, 0.25) is 0 Å². The molecule has 0 spiro atoms. The number of hydrogen-bond donors (Lipinski definition) is 3. The molecule has 0 aliphatic rings. The topological polar surface area (TPSA) is 121 Å². The Hall–Kier alpha value is -3.82. The normalized spacial score (nSPS) is 11.0. The van der Waals surface area contributed by atoms with Gasteiger partial charge < -0.3 is 10.6 Å². The van der Waals surface area contributed by atoms with Gasteiger partial charge in [0.15, 0.2) is 5.78 Å². The Balaban J connectivity index is 1.61. The van der Waals surface area contributed by atoms with Crippen molar-refractivity contribution < 1.29 is 22.8 Å². The standard InChI is InChI=1S/C24H23N3O5S/c1-16(28)20-4-3-5-22(14-20)27-24(30)19-8-6-18(7-9-19)15-25-33(31,32)23-12-10-21(11-13-23)26-17(2)29/h3-14,25H,15H2,1-2H3,(H,26,29)(H,27,30). The van der Waals surface area contributed by atoms with Crippen LogP contribution in [0, 0.1) is 0 Å². The van der Waals surface area contributed by atoms with E-state index in [1.54, 1.807) is 48.5 Å². The smallest absolute Gasteiger partial charge is 0.255 e. The average Bonchev–Trinajstić information content (AvgIpc) is 2.78. The van der Waals surface area contributed by atoms with Crippen LogP contribution in [0.5, 0.6) is 0 Å². The number of anilines is 2. The molecule has 3 aromatic rings. The van der Waals surface area contributed by atoms with Crippen LogP contribution >= 0.6 is 0 Å². The number of hydrogen-bond acceptors (Lipinski definition) is 5. The highest BCUT2D eigenvalue weighted by molar-refractivity contribution is 7.89. The van der Waals surface area contributed by atoms with E-state index in [0.717, 1.165) is 0 Å². The summed E-state index contributed by atoms with van der Waals surface area (Å²) in [4.78, 5) is 35.1. The van der Waals surface area contributed by atoms with Crippen LogP contribution in [0.3, 0.4) is 0 Å². The van der Waals surface area contributed by atoms with Crippen LogP contribution in [-0.2, 0) is 21.4 Å². The Morgan fingerprint density at radius 1 is 0.758 bits per heavy atom. The van der Waals surface area contributed by atoms with E-state index in [-0.39, 0.29) is 29.0 Å². The summed E-state index contributed by atoms with van der Waals surface area (Å²) < 4.78 is 27.5. The first-order chi connectivity index (χ1) is 15.6. The Labute approximate surface area is 192 Å². The van der Waals surface area contributed by atoms with Crippen molar-refractivity contribution in [3.05, 3.63) is 89.5 Å². The van der Waals surface area contributed by atoms with Gasteiger partial charge in [-0.3, -0.25) is 14.4 Å². The molecule has 0 unspecified atom stereocenters. The van der Waals surface area contributed by atoms with Gasteiger partial charge in [0, 0.05) is 36.0 Å². The number of amides is 2. The fraction of sp³-hybridized carbons (Fsp3) is 0.125. The van der Waals surface area contributed by atoms with E-state index in [0.29, 0.717) is 28.1 Å². The molecule has 170 valence electrons. The maximum atomic E-state index is 12.5. The number of sulfonamides is 1. The van der Waals surface area contributed by atoms with E-state index < -0.39 is 10.0 Å². The Kier molecular flexibility index (Phi) is 7.37. The molecular weight excluding hydrogens is 442 g/mol. The van der Waals surface area contributed by atoms with Gasteiger partial charge >= 0.3 is 0 Å². The van der Waals surface area contributed by atoms with Crippen molar-refractivity contribution in [3.8, 4) is 0 Å². The lowest BCUT2D eigenvalue weighted by Crippen LogP contribution is -2.23. The van der Waals surface area contributed by atoms with Gasteiger partial charge in [0.05, 0.1) is 4.90 Å². The molecule has 3 rings (SSSR count). The van der Waals surface area contributed by atoms with Crippen LogP contribution in [0.15, 0.2) is 77.7 Å². The summed E-state index contributed by atoms with van der Waals surface area (Å²) in [6.07, 6.45) is 0. The van der Waals surface area contributed by atoms with E-state index in [1.807, 2.05) is 0 Å². The van der Waals surface area contributed by atoms with Crippen molar-refractivity contribution >= 4 is 39.0 Å². The number of carbonyl (C=O) groups excluding carboxylic acids is 3. The third-order valence-corrected chi connectivity index (χ3v) is 6.11. The summed E-state index contributed by atoms with van der Waals surface area (Å²) in [5.74, 6) is -0.686. The van der Waals surface area contributed by atoms with Gasteiger partial charge in [-0.25, -0.2) is 13.1 Å². The first kappa shape index (κ1) is 23.8. The van der Waals surface area contributed by atoms with Crippen LogP contribution in [-0.4, -0.2) is 26.0 Å². The maximum Gasteiger partial charge on any atom is 0.255 e. The third-order valence-electron chi connectivity index (χ3n) is 4.69. The fourth-order valence-electron chi connectivity index (χ4n) is 2.98. The lowest BCUT2D eigenvalue weighted by atomic mass is 10.1. The van der Waals surface area contributed by atoms with Crippen LogP contribution in [0.25, 0.3) is 0 Å². The zero-order chi connectivity index (χ0) is 24.0. The van der Waals surface area contributed by atoms with Gasteiger partial charge in [-0.15, -0.1) is 0 Å². The van der Waals surface area contributed by atoms with Crippen molar-refractivity contribution in [2.75, 3.05) is 10.6 Å². The second-order valence-corrected chi connectivity index (χ2v) is 9.09. The van der Waals surface area contributed by atoms with E-state index in [4.69, 9.17) is 0 Å². The summed E-state index contributed by atoms with van der Waals surface area (Å²) in [6.45, 7) is 2.86. The summed E-state index contributed by atoms with van der Waals surface area (Å²) in [5.41, 5.74) is 2.57. The van der Waals surface area contributed by atoms with Crippen LogP contribution in [0.1, 0.15) is 40.1 Å². The fourth-order valence-corrected chi connectivity index (χ4v) is 3.99. The van der Waals surface area contributed by atoms with Crippen molar-refractivity contribution in [3.63, 3.8) is 0 Å². The molecule has 33 heavy (non-hydrogen) atoms. The lowest BCUT2D eigenvalue weighted by Gasteiger charge is -2.09. The van der Waals surface area contributed by atoms with Gasteiger partial charge in [-0.2, -0.15) is 0 Å². The molecule has 0 heterocycles. The van der Waals surface area contributed by atoms with Crippen LogP contribution in [0.4, 0.5) is 11.4 Å². The molecule has 0 atom stereocenters. The summed E-state index contributed by atoms with van der Waals surface area (Å²) in [5, 5.41) is 5.31. The monoisotopic (exact) mass is 465 g/mol. The predicted octanol–water partition coefficient (Wildman–Crippen LogP) is 3.58. The number of rotatable bonds is 8. The van der Waals surface area contributed by atoms with Gasteiger partial charge in [-0.05, 0) is 61.0 Å². The van der Waals surface area contributed by atoms with Crippen molar-refractivity contribution in [2.45, 2.75) is 25.3 Å². The molecule has 2 amide bonds. The molecule has 0 aromatic heterocycles. The highest BCUT2D eigenvalue weighted by Crippen LogP contribution is 2.16. The molecule has 3 aromatic carbocycles. The minimum Gasteiger partial charge on any atom is -0.326 e. The van der Waals surface area contributed by atoms with Crippen molar-refractivity contribution in [1.29, 1.82) is 0 Å². The zero-order valence-electron chi connectivity index (χ0n) is 18.1. The Bertz CT molecular complexity index is 1280. The van der Waals surface area contributed by atoms with Crippen molar-refractivity contribution in [1.82, 2.24) is 4.72 Å². The molecule has 8 nitrogen and oxygen atoms in total. The maximum absolute atomic E-state index is 12.5. The quantitative estimate of drug-likeness (QED) is 0.439. The van der Waals surface area contributed by atoms with Gasteiger partial charge in [-0.1, -0.05) is 24.3 Å². The molecule has 0 radical (unpaired) electrons. The highest BCUT2D eigenvalue weighted by Gasteiger charge is 2.14. The first-order valence-electron chi connectivity index (χ1n) is 10.0. The number of Topliss-reactive ketones (excluding diaryl/α,β-unsaturated/α-hetero) is 1. The number of benzene rings is 3. The molecule has 0 saturated heterocycles. The largest absolute Gasteiger partial charge is 0.326 e. The minimum atomic E-state index is -3.75. The second-order valence-electron chi connectivity index (χ2n) is 7.32. The highest BCUT2D eigenvalue weighted by atomic mass is 32.2. The Morgan fingerprint density at radius 3 is 2.03 bits per heavy atom. The van der Waals surface area contributed by atoms with Crippen molar-refractivity contribution in [2.24, 2.45) is 0 Å². The van der Waals surface area contributed by atoms with E-state index in [2.05, 4.69) is 15.4 Å². The molecule has 3 N–H and O–H groups in total. The third kappa shape index (κ3) is 6.58.